The maximum Gasteiger partial charge on any atom is 0.322 e. The summed E-state index contributed by atoms with van der Waals surface area (Å²) in [5.74, 6) is -0.771. The van der Waals surface area contributed by atoms with Crippen molar-refractivity contribution in [3.8, 4) is 5.75 Å². The van der Waals surface area contributed by atoms with Crippen LogP contribution >= 0.6 is 0 Å². The number of amides is 1. The Kier molecular flexibility index (Phi) is 6.24. The van der Waals surface area contributed by atoms with E-state index in [1.54, 1.807) is 0 Å². The van der Waals surface area contributed by atoms with E-state index in [1.165, 1.54) is 0 Å². The molecule has 0 aliphatic heterocycles. The predicted molar refractivity (Wildman–Crippen MR) is 107 cm³/mol. The first-order valence-electron chi connectivity index (χ1n) is 8.96. The standard InChI is InChI=1S/C22H22N2O4/c23-20(22(26)27)13-24-21(25)12-15-5-3-9-18(11-15)28-14-17-8-4-7-16-6-1-2-10-19(16)17/h1-11,20H,12-14,23H2,(H,24,25)(H,26,27). The van der Waals surface area contributed by atoms with Gasteiger partial charge in [0.2, 0.25) is 5.91 Å². The maximum atomic E-state index is 12.0. The fourth-order valence-corrected chi connectivity index (χ4v) is 2.88. The third-order valence-electron chi connectivity index (χ3n) is 4.37. The second-order valence-corrected chi connectivity index (χ2v) is 6.50. The number of nitrogens with two attached hydrogens (primary N) is 1. The molecular formula is C22H22N2O4. The van der Waals surface area contributed by atoms with Crippen LogP contribution in [0.25, 0.3) is 10.8 Å². The molecule has 6 nitrogen and oxygen atoms in total. The van der Waals surface area contributed by atoms with E-state index in [4.69, 9.17) is 15.6 Å². The second kappa shape index (κ2) is 9.01. The number of carbonyl (C=O) groups excluding carboxylic acids is 1. The number of carboxylic acid groups (broad SMARTS) is 1. The number of fused-ring (bicyclic) bond motifs is 1. The highest BCUT2D eigenvalue weighted by Crippen LogP contribution is 2.21. The lowest BCUT2D eigenvalue weighted by molar-refractivity contribution is -0.138. The van der Waals surface area contributed by atoms with E-state index in [-0.39, 0.29) is 18.9 Å². The Balaban J connectivity index is 1.60. The van der Waals surface area contributed by atoms with Gasteiger partial charge in [0.1, 0.15) is 18.4 Å². The predicted octanol–water partition coefficient (Wildman–Crippen LogP) is 2.49. The van der Waals surface area contributed by atoms with E-state index in [0.717, 1.165) is 21.9 Å². The summed E-state index contributed by atoms with van der Waals surface area (Å²) >= 11 is 0. The molecule has 0 aliphatic rings. The maximum absolute atomic E-state index is 12.0. The minimum atomic E-state index is -1.15. The van der Waals surface area contributed by atoms with Gasteiger partial charge in [-0.3, -0.25) is 9.59 Å². The van der Waals surface area contributed by atoms with Gasteiger partial charge < -0.3 is 20.9 Å². The Labute approximate surface area is 162 Å². The number of ether oxygens (including phenoxy) is 1. The van der Waals surface area contributed by atoms with Crippen LogP contribution in [-0.2, 0) is 22.6 Å². The molecule has 0 bridgehead atoms. The normalized spacial score (nSPS) is 11.8. The number of carbonyl (C=O) groups is 2. The van der Waals surface area contributed by atoms with Crippen LogP contribution in [0.2, 0.25) is 0 Å². The number of benzene rings is 3. The average molecular weight is 378 g/mol. The van der Waals surface area contributed by atoms with Gasteiger partial charge in [-0.25, -0.2) is 0 Å². The van der Waals surface area contributed by atoms with Crippen LogP contribution in [-0.4, -0.2) is 29.6 Å². The number of hydrogen-bond acceptors (Lipinski definition) is 4. The number of aliphatic carboxylic acids is 1. The van der Waals surface area contributed by atoms with Gasteiger partial charge in [-0.05, 0) is 34.0 Å². The third kappa shape index (κ3) is 5.08. The first-order chi connectivity index (χ1) is 13.5. The van der Waals surface area contributed by atoms with Crippen molar-refractivity contribution >= 4 is 22.6 Å². The van der Waals surface area contributed by atoms with E-state index < -0.39 is 12.0 Å². The molecule has 1 unspecified atom stereocenters. The van der Waals surface area contributed by atoms with Crippen molar-refractivity contribution in [3.05, 3.63) is 77.9 Å². The van der Waals surface area contributed by atoms with E-state index >= 15 is 0 Å². The topological polar surface area (TPSA) is 102 Å². The zero-order chi connectivity index (χ0) is 19.9. The van der Waals surface area contributed by atoms with Crippen molar-refractivity contribution in [2.75, 3.05) is 6.54 Å². The summed E-state index contributed by atoms with van der Waals surface area (Å²) in [6, 6.07) is 20.4. The van der Waals surface area contributed by atoms with E-state index in [0.29, 0.717) is 12.4 Å². The lowest BCUT2D eigenvalue weighted by Gasteiger charge is -2.11. The highest BCUT2D eigenvalue weighted by atomic mass is 16.5. The summed E-state index contributed by atoms with van der Waals surface area (Å²) in [4.78, 5) is 22.7. The largest absolute Gasteiger partial charge is 0.489 e. The monoisotopic (exact) mass is 378 g/mol. The Morgan fingerprint density at radius 3 is 2.61 bits per heavy atom. The summed E-state index contributed by atoms with van der Waals surface area (Å²) < 4.78 is 5.92. The molecule has 144 valence electrons. The number of hydrogen-bond donors (Lipinski definition) is 3. The highest BCUT2D eigenvalue weighted by molar-refractivity contribution is 5.85. The molecule has 4 N–H and O–H groups in total. The molecule has 0 radical (unpaired) electrons. The summed E-state index contributed by atoms with van der Waals surface area (Å²) in [5.41, 5.74) is 7.24. The Morgan fingerprint density at radius 1 is 1.04 bits per heavy atom. The number of nitrogens with one attached hydrogen (secondary N) is 1. The molecule has 6 heteroatoms. The third-order valence-corrected chi connectivity index (χ3v) is 4.37. The van der Waals surface area contributed by atoms with Gasteiger partial charge in [0.05, 0.1) is 6.42 Å². The molecule has 0 spiro atoms. The Hall–Kier alpha value is -3.38. The summed E-state index contributed by atoms with van der Waals surface area (Å²) in [6.45, 7) is 0.315. The molecule has 0 heterocycles. The first-order valence-corrected chi connectivity index (χ1v) is 8.96. The molecular weight excluding hydrogens is 356 g/mol. The molecule has 0 aliphatic carbocycles. The molecule has 3 aromatic carbocycles. The molecule has 0 saturated carbocycles. The lowest BCUT2D eigenvalue weighted by Crippen LogP contribution is -2.42. The van der Waals surface area contributed by atoms with Gasteiger partial charge in [0.15, 0.2) is 0 Å². The Morgan fingerprint density at radius 2 is 1.79 bits per heavy atom. The van der Waals surface area contributed by atoms with Crippen molar-refractivity contribution < 1.29 is 19.4 Å². The molecule has 1 amide bonds. The summed E-state index contributed by atoms with van der Waals surface area (Å²) in [7, 11) is 0. The van der Waals surface area contributed by atoms with Gasteiger partial charge in [0.25, 0.3) is 0 Å². The summed E-state index contributed by atoms with van der Waals surface area (Å²) in [5, 5.41) is 13.6. The second-order valence-electron chi connectivity index (χ2n) is 6.50. The van der Waals surface area contributed by atoms with Gasteiger partial charge in [-0.2, -0.15) is 0 Å². The van der Waals surface area contributed by atoms with E-state index in [9.17, 15) is 9.59 Å². The van der Waals surface area contributed by atoms with Gasteiger partial charge in [-0.15, -0.1) is 0 Å². The van der Waals surface area contributed by atoms with Crippen LogP contribution in [0, 0.1) is 0 Å². The quantitative estimate of drug-likeness (QED) is 0.559. The van der Waals surface area contributed by atoms with Crippen LogP contribution in [0.4, 0.5) is 0 Å². The molecule has 0 fully saturated rings. The first kappa shape index (κ1) is 19.4. The van der Waals surface area contributed by atoms with E-state index in [2.05, 4.69) is 23.5 Å². The fraction of sp³-hybridized carbons (Fsp3) is 0.182. The smallest absolute Gasteiger partial charge is 0.322 e. The molecule has 1 atom stereocenters. The van der Waals surface area contributed by atoms with E-state index in [1.807, 2.05) is 48.5 Å². The van der Waals surface area contributed by atoms with Crippen LogP contribution in [0.3, 0.4) is 0 Å². The average Bonchev–Trinajstić information content (AvgIpc) is 2.70. The van der Waals surface area contributed by atoms with Crippen LogP contribution < -0.4 is 15.8 Å². The van der Waals surface area contributed by atoms with Gasteiger partial charge >= 0.3 is 5.97 Å². The number of carboxylic acids is 1. The lowest BCUT2D eigenvalue weighted by atomic mass is 10.1. The molecule has 28 heavy (non-hydrogen) atoms. The number of rotatable bonds is 8. The molecule has 3 aromatic rings. The van der Waals surface area contributed by atoms with Crippen molar-refractivity contribution in [1.82, 2.24) is 5.32 Å². The van der Waals surface area contributed by atoms with Gasteiger partial charge in [0, 0.05) is 6.54 Å². The molecule has 0 saturated heterocycles. The Bertz CT molecular complexity index is 982. The van der Waals surface area contributed by atoms with Crippen LogP contribution in [0.1, 0.15) is 11.1 Å². The van der Waals surface area contributed by atoms with Crippen LogP contribution in [0.15, 0.2) is 66.7 Å². The summed E-state index contributed by atoms with van der Waals surface area (Å²) in [6.07, 6.45) is 0.123. The van der Waals surface area contributed by atoms with Crippen molar-refractivity contribution in [2.24, 2.45) is 5.73 Å². The fourth-order valence-electron chi connectivity index (χ4n) is 2.88. The SMILES string of the molecule is NC(CNC(=O)Cc1cccc(OCc2cccc3ccccc23)c1)C(=O)O. The van der Waals surface area contributed by atoms with Crippen LogP contribution in [0.5, 0.6) is 5.75 Å². The van der Waals surface area contributed by atoms with Gasteiger partial charge in [-0.1, -0.05) is 54.6 Å². The minimum absolute atomic E-state index is 0.106. The highest BCUT2D eigenvalue weighted by Gasteiger charge is 2.13. The van der Waals surface area contributed by atoms with Crippen molar-refractivity contribution in [1.29, 1.82) is 0 Å². The van der Waals surface area contributed by atoms with Crippen molar-refractivity contribution in [2.45, 2.75) is 19.1 Å². The van der Waals surface area contributed by atoms with Crippen molar-refractivity contribution in [3.63, 3.8) is 0 Å². The molecule has 3 rings (SSSR count). The zero-order valence-electron chi connectivity index (χ0n) is 15.3. The molecule has 0 aromatic heterocycles. The zero-order valence-corrected chi connectivity index (χ0v) is 15.3. The minimum Gasteiger partial charge on any atom is -0.489 e.